The van der Waals surface area contributed by atoms with E-state index in [4.69, 9.17) is 11.6 Å². The third-order valence-electron chi connectivity index (χ3n) is 2.57. The molecule has 0 saturated heterocycles. The Bertz CT molecular complexity index is 370. The molecule has 0 aliphatic heterocycles. The third kappa shape index (κ3) is 5.09. The first-order valence-electron chi connectivity index (χ1n) is 5.68. The van der Waals surface area contributed by atoms with Crippen LogP contribution in [-0.4, -0.2) is 23.2 Å². The fourth-order valence-electron chi connectivity index (χ4n) is 1.53. The number of carbonyl (C=O) groups is 1. The van der Waals surface area contributed by atoms with Crippen molar-refractivity contribution in [2.45, 2.75) is 25.8 Å². The van der Waals surface area contributed by atoms with Crippen LogP contribution in [0.15, 0.2) is 24.3 Å². The van der Waals surface area contributed by atoms with E-state index < -0.39 is 0 Å². The molecule has 0 saturated carbocycles. The van der Waals surface area contributed by atoms with Crippen LogP contribution >= 0.6 is 27.5 Å². The van der Waals surface area contributed by atoms with Crippen molar-refractivity contribution in [3.63, 3.8) is 0 Å². The molecule has 1 aromatic carbocycles. The second kappa shape index (κ2) is 7.72. The summed E-state index contributed by atoms with van der Waals surface area (Å²) in [4.78, 5) is 13.5. The first-order valence-corrected chi connectivity index (χ1v) is 7.18. The molecule has 0 spiro atoms. The summed E-state index contributed by atoms with van der Waals surface area (Å²) in [6.45, 7) is 0.576. The molecule has 0 fully saturated rings. The summed E-state index contributed by atoms with van der Waals surface area (Å²) in [5, 5.41) is 1.67. The van der Waals surface area contributed by atoms with Gasteiger partial charge < -0.3 is 4.90 Å². The zero-order chi connectivity index (χ0) is 12.7. The quantitative estimate of drug-likeness (QED) is 0.576. The van der Waals surface area contributed by atoms with Crippen molar-refractivity contribution in [3.05, 3.63) is 34.9 Å². The molecule has 17 heavy (non-hydrogen) atoms. The van der Waals surface area contributed by atoms with Gasteiger partial charge >= 0.3 is 0 Å². The van der Waals surface area contributed by atoms with Gasteiger partial charge in [-0.15, -0.1) is 0 Å². The van der Waals surface area contributed by atoms with E-state index in [1.807, 2.05) is 31.3 Å². The van der Waals surface area contributed by atoms with Crippen LogP contribution in [0.25, 0.3) is 0 Å². The number of halogens is 2. The Kier molecular flexibility index (Phi) is 6.60. The lowest BCUT2D eigenvalue weighted by atomic mass is 10.2. The number of benzene rings is 1. The smallest absolute Gasteiger partial charge is 0.222 e. The van der Waals surface area contributed by atoms with Gasteiger partial charge in [-0.05, 0) is 24.5 Å². The largest absolute Gasteiger partial charge is 0.341 e. The highest BCUT2D eigenvalue weighted by molar-refractivity contribution is 9.09. The van der Waals surface area contributed by atoms with Gasteiger partial charge in [-0.25, -0.2) is 0 Å². The van der Waals surface area contributed by atoms with E-state index in [9.17, 15) is 4.79 Å². The Labute approximate surface area is 116 Å². The highest BCUT2D eigenvalue weighted by Crippen LogP contribution is 2.17. The monoisotopic (exact) mass is 317 g/mol. The SMILES string of the molecule is CN(Cc1ccccc1Cl)C(=O)CCCCBr. The van der Waals surface area contributed by atoms with Gasteiger partial charge in [-0.1, -0.05) is 45.7 Å². The number of hydrogen-bond acceptors (Lipinski definition) is 1. The minimum absolute atomic E-state index is 0.172. The summed E-state index contributed by atoms with van der Waals surface area (Å²) in [5.41, 5.74) is 0.991. The zero-order valence-electron chi connectivity index (χ0n) is 9.96. The average Bonchev–Trinajstić information content (AvgIpc) is 2.32. The van der Waals surface area contributed by atoms with E-state index >= 15 is 0 Å². The van der Waals surface area contributed by atoms with Crippen molar-refractivity contribution in [3.8, 4) is 0 Å². The number of nitrogens with zero attached hydrogens (tertiary/aromatic N) is 1. The van der Waals surface area contributed by atoms with Crippen LogP contribution < -0.4 is 0 Å². The summed E-state index contributed by atoms with van der Waals surface area (Å²) < 4.78 is 0. The Morgan fingerprint density at radius 2 is 2.06 bits per heavy atom. The van der Waals surface area contributed by atoms with Gasteiger partial charge in [0.2, 0.25) is 5.91 Å². The maximum atomic E-state index is 11.8. The molecule has 0 radical (unpaired) electrons. The lowest BCUT2D eigenvalue weighted by molar-refractivity contribution is -0.130. The lowest BCUT2D eigenvalue weighted by Crippen LogP contribution is -2.26. The summed E-state index contributed by atoms with van der Waals surface area (Å²) >= 11 is 9.41. The number of alkyl halides is 1. The van der Waals surface area contributed by atoms with Crippen molar-refractivity contribution in [2.24, 2.45) is 0 Å². The van der Waals surface area contributed by atoms with Crippen LogP contribution in [-0.2, 0) is 11.3 Å². The fourth-order valence-corrected chi connectivity index (χ4v) is 2.12. The summed E-state index contributed by atoms with van der Waals surface area (Å²) in [6, 6.07) is 7.62. The van der Waals surface area contributed by atoms with Crippen LogP contribution in [0.2, 0.25) is 5.02 Å². The summed E-state index contributed by atoms with van der Waals surface area (Å²) in [5.74, 6) is 0.172. The molecule has 1 amide bonds. The van der Waals surface area contributed by atoms with Crippen LogP contribution in [0, 0.1) is 0 Å². The Morgan fingerprint density at radius 3 is 2.71 bits per heavy atom. The average molecular weight is 319 g/mol. The molecule has 0 heterocycles. The molecule has 0 bridgehead atoms. The van der Waals surface area contributed by atoms with Crippen LogP contribution in [0.3, 0.4) is 0 Å². The number of unbranched alkanes of at least 4 members (excludes halogenated alkanes) is 1. The second-order valence-corrected chi connectivity index (χ2v) is 5.19. The third-order valence-corrected chi connectivity index (χ3v) is 3.49. The molecule has 1 rings (SSSR count). The van der Waals surface area contributed by atoms with Crippen molar-refractivity contribution in [2.75, 3.05) is 12.4 Å². The Balaban J connectivity index is 2.46. The minimum atomic E-state index is 0.172. The standard InChI is InChI=1S/C13H17BrClNO/c1-16(13(17)8-4-5-9-14)10-11-6-2-3-7-12(11)15/h2-3,6-7H,4-5,8-10H2,1H3. The molecular weight excluding hydrogens is 302 g/mol. The summed E-state index contributed by atoms with van der Waals surface area (Å²) in [6.07, 6.45) is 2.56. The number of amides is 1. The molecule has 0 aromatic heterocycles. The molecule has 2 nitrogen and oxygen atoms in total. The Morgan fingerprint density at radius 1 is 1.35 bits per heavy atom. The highest BCUT2D eigenvalue weighted by Gasteiger charge is 2.10. The van der Waals surface area contributed by atoms with E-state index in [0.29, 0.717) is 18.0 Å². The van der Waals surface area contributed by atoms with Crippen LogP contribution in [0.1, 0.15) is 24.8 Å². The van der Waals surface area contributed by atoms with E-state index in [2.05, 4.69) is 15.9 Å². The van der Waals surface area contributed by atoms with Gasteiger partial charge in [0, 0.05) is 30.4 Å². The maximum absolute atomic E-state index is 11.8. The summed E-state index contributed by atoms with van der Waals surface area (Å²) in [7, 11) is 1.82. The molecule has 0 unspecified atom stereocenters. The minimum Gasteiger partial charge on any atom is -0.341 e. The molecular formula is C13H17BrClNO. The first kappa shape index (κ1) is 14.5. The van der Waals surface area contributed by atoms with Crippen LogP contribution in [0.5, 0.6) is 0 Å². The van der Waals surface area contributed by atoms with Crippen molar-refractivity contribution in [1.29, 1.82) is 0 Å². The van der Waals surface area contributed by atoms with Crippen molar-refractivity contribution in [1.82, 2.24) is 4.90 Å². The molecule has 1 aromatic rings. The fraction of sp³-hybridized carbons (Fsp3) is 0.462. The topological polar surface area (TPSA) is 20.3 Å². The second-order valence-electron chi connectivity index (χ2n) is 3.99. The molecule has 0 aliphatic carbocycles. The molecule has 4 heteroatoms. The van der Waals surface area contributed by atoms with Gasteiger partial charge in [0.1, 0.15) is 0 Å². The van der Waals surface area contributed by atoms with Crippen LogP contribution in [0.4, 0.5) is 0 Å². The first-order chi connectivity index (χ1) is 8.15. The lowest BCUT2D eigenvalue weighted by Gasteiger charge is -2.17. The van der Waals surface area contributed by atoms with Crippen molar-refractivity contribution >= 4 is 33.4 Å². The van der Waals surface area contributed by atoms with E-state index in [1.54, 1.807) is 4.90 Å². The number of rotatable bonds is 6. The number of carbonyl (C=O) groups excluding carboxylic acids is 1. The highest BCUT2D eigenvalue weighted by atomic mass is 79.9. The van der Waals surface area contributed by atoms with E-state index in [-0.39, 0.29) is 5.91 Å². The van der Waals surface area contributed by atoms with Crippen molar-refractivity contribution < 1.29 is 4.79 Å². The maximum Gasteiger partial charge on any atom is 0.222 e. The predicted molar refractivity (Wildman–Crippen MR) is 75.6 cm³/mol. The molecule has 94 valence electrons. The van der Waals surface area contributed by atoms with E-state index in [1.165, 1.54) is 0 Å². The van der Waals surface area contributed by atoms with Gasteiger partial charge in [-0.3, -0.25) is 4.79 Å². The zero-order valence-corrected chi connectivity index (χ0v) is 12.3. The van der Waals surface area contributed by atoms with Gasteiger partial charge in [0.05, 0.1) is 0 Å². The molecule has 0 N–H and O–H groups in total. The van der Waals surface area contributed by atoms with Gasteiger partial charge in [0.15, 0.2) is 0 Å². The predicted octanol–water partition coefficient (Wildman–Crippen LogP) is 3.86. The van der Waals surface area contributed by atoms with Gasteiger partial charge in [0.25, 0.3) is 0 Å². The Hall–Kier alpha value is -0.540. The molecule has 0 atom stereocenters. The molecule has 0 aliphatic rings. The normalized spacial score (nSPS) is 10.3. The van der Waals surface area contributed by atoms with E-state index in [0.717, 1.165) is 23.7 Å². The number of hydrogen-bond donors (Lipinski definition) is 0. The van der Waals surface area contributed by atoms with Gasteiger partial charge in [-0.2, -0.15) is 0 Å².